The third kappa shape index (κ3) is 5.86. The van der Waals surface area contributed by atoms with Crippen molar-refractivity contribution >= 4 is 17.7 Å². The highest BCUT2D eigenvalue weighted by molar-refractivity contribution is 7.99. The first-order valence-corrected chi connectivity index (χ1v) is 10.9. The van der Waals surface area contributed by atoms with Gasteiger partial charge in [-0.05, 0) is 50.6 Å². The van der Waals surface area contributed by atoms with Gasteiger partial charge in [0.25, 0.3) is 0 Å². The third-order valence-corrected chi connectivity index (χ3v) is 5.77. The molecule has 150 valence electrons. The van der Waals surface area contributed by atoms with Crippen molar-refractivity contribution in [3.8, 4) is 11.6 Å². The van der Waals surface area contributed by atoms with Gasteiger partial charge in [-0.3, -0.25) is 0 Å². The lowest BCUT2D eigenvalue weighted by atomic mass is 10.2. The van der Waals surface area contributed by atoms with Gasteiger partial charge in [0.2, 0.25) is 5.88 Å². The second-order valence-corrected chi connectivity index (χ2v) is 7.87. The fraction of sp³-hybridized carbons (Fsp3) is 0.429. The molecule has 1 fully saturated rings. The molecule has 2 N–H and O–H groups in total. The van der Waals surface area contributed by atoms with E-state index in [-0.39, 0.29) is 5.82 Å². The van der Waals surface area contributed by atoms with Gasteiger partial charge in [0.05, 0.1) is 6.54 Å². The molecule has 0 amide bonds. The van der Waals surface area contributed by atoms with Gasteiger partial charge >= 0.3 is 0 Å². The molecule has 0 radical (unpaired) electrons. The van der Waals surface area contributed by atoms with Gasteiger partial charge in [-0.25, -0.2) is 14.4 Å². The largest absolute Gasteiger partial charge is 0.439 e. The maximum absolute atomic E-state index is 13.4. The maximum Gasteiger partial charge on any atom is 0.224 e. The quantitative estimate of drug-likeness (QED) is 0.533. The van der Waals surface area contributed by atoms with Crippen LogP contribution in [0.3, 0.4) is 0 Å². The second kappa shape index (κ2) is 10.3. The van der Waals surface area contributed by atoms with Crippen molar-refractivity contribution in [1.82, 2.24) is 15.6 Å². The Labute approximate surface area is 170 Å². The summed E-state index contributed by atoms with van der Waals surface area (Å²) in [6.45, 7) is 3.27. The molecule has 1 aromatic carbocycles. The number of rotatable bonds is 7. The van der Waals surface area contributed by atoms with Crippen LogP contribution in [0.4, 0.5) is 4.39 Å². The number of hydrogen-bond donors (Lipinski definition) is 2. The molecule has 0 saturated heterocycles. The van der Waals surface area contributed by atoms with Crippen LogP contribution in [0.25, 0.3) is 0 Å². The van der Waals surface area contributed by atoms with Gasteiger partial charge in [-0.2, -0.15) is 11.8 Å². The zero-order valence-electron chi connectivity index (χ0n) is 16.3. The average molecular weight is 403 g/mol. The molecule has 0 bridgehead atoms. The van der Waals surface area contributed by atoms with E-state index in [0.717, 1.165) is 36.2 Å². The minimum absolute atomic E-state index is 0.341. The molecule has 1 aromatic heterocycles. The molecular weight excluding hydrogens is 375 g/mol. The van der Waals surface area contributed by atoms with Gasteiger partial charge in [0.1, 0.15) is 11.6 Å². The highest BCUT2D eigenvalue weighted by Crippen LogP contribution is 2.28. The number of nitrogens with zero attached hydrogens (tertiary/aromatic N) is 2. The number of benzene rings is 1. The van der Waals surface area contributed by atoms with Gasteiger partial charge in [-0.15, -0.1) is 0 Å². The van der Waals surface area contributed by atoms with Gasteiger partial charge < -0.3 is 15.4 Å². The van der Waals surface area contributed by atoms with Crippen LogP contribution in [0.5, 0.6) is 11.6 Å². The number of hydrogen-bond acceptors (Lipinski definition) is 4. The smallest absolute Gasteiger partial charge is 0.224 e. The second-order valence-electron chi connectivity index (χ2n) is 6.73. The van der Waals surface area contributed by atoms with Crippen LogP contribution in [-0.2, 0) is 6.54 Å². The molecule has 5 nitrogen and oxygen atoms in total. The summed E-state index contributed by atoms with van der Waals surface area (Å²) in [4.78, 5) is 9.01. The predicted molar refractivity (Wildman–Crippen MR) is 114 cm³/mol. The molecule has 1 aliphatic carbocycles. The number of aliphatic imine (C=N–C) groups is 1. The van der Waals surface area contributed by atoms with Gasteiger partial charge in [-0.1, -0.05) is 12.1 Å². The molecule has 0 spiro atoms. The molecule has 1 aliphatic rings. The minimum Gasteiger partial charge on any atom is -0.439 e. The molecule has 1 saturated carbocycles. The summed E-state index contributed by atoms with van der Waals surface area (Å²) in [5.41, 5.74) is 0.845. The van der Waals surface area contributed by atoms with Crippen LogP contribution in [0, 0.1) is 5.82 Å². The number of halogens is 1. The van der Waals surface area contributed by atoms with Crippen molar-refractivity contribution < 1.29 is 9.13 Å². The molecule has 1 heterocycles. The van der Waals surface area contributed by atoms with E-state index in [4.69, 9.17) is 9.73 Å². The number of ether oxygens (including phenoxy) is 1. The van der Waals surface area contributed by atoms with Crippen LogP contribution < -0.4 is 15.4 Å². The number of thioether (sulfide) groups is 1. The number of guanidine groups is 1. The third-order valence-electron chi connectivity index (χ3n) is 4.67. The maximum atomic E-state index is 13.4. The average Bonchev–Trinajstić information content (AvgIpc) is 3.15. The summed E-state index contributed by atoms with van der Waals surface area (Å²) in [6, 6.07) is 10.3. The Morgan fingerprint density at radius 3 is 2.96 bits per heavy atom. The fourth-order valence-corrected chi connectivity index (χ4v) is 4.04. The zero-order chi connectivity index (χ0) is 19.8. The lowest BCUT2D eigenvalue weighted by Gasteiger charge is -2.17. The normalized spacial score (nSPS) is 19.5. The summed E-state index contributed by atoms with van der Waals surface area (Å²) < 4.78 is 19.2. The molecule has 3 rings (SSSR count). The van der Waals surface area contributed by atoms with Crippen molar-refractivity contribution in [2.45, 2.75) is 44.0 Å². The van der Waals surface area contributed by atoms with Crippen molar-refractivity contribution in [1.29, 1.82) is 0 Å². The minimum atomic E-state index is -0.341. The van der Waals surface area contributed by atoms with E-state index in [2.05, 4.69) is 28.8 Å². The fourth-order valence-electron chi connectivity index (χ4n) is 3.24. The predicted octanol–water partition coefficient (Wildman–Crippen LogP) is 4.35. The monoisotopic (exact) mass is 402 g/mol. The van der Waals surface area contributed by atoms with E-state index in [1.807, 2.05) is 23.9 Å². The molecule has 0 aliphatic heterocycles. The summed E-state index contributed by atoms with van der Waals surface area (Å²) in [5, 5.41) is 7.58. The molecular formula is C21H27FN4OS. The summed E-state index contributed by atoms with van der Waals surface area (Å²) in [5.74, 6) is 1.32. The Hall–Kier alpha value is -2.28. The van der Waals surface area contributed by atoms with Crippen molar-refractivity contribution in [3.63, 3.8) is 0 Å². The SMILES string of the molecule is CCNC(=NCc1cccnc1Oc1cccc(F)c1)NC1CCC(SC)C1. The molecule has 2 unspecified atom stereocenters. The topological polar surface area (TPSA) is 58.5 Å². The Morgan fingerprint density at radius 2 is 2.21 bits per heavy atom. The Balaban J connectivity index is 1.68. The van der Waals surface area contributed by atoms with Crippen molar-refractivity contribution in [2.24, 2.45) is 4.99 Å². The Kier molecular flexibility index (Phi) is 7.54. The standard InChI is InChI=1S/C21H27FN4OS/c1-3-23-21(26-17-9-10-19(13-17)28-2)25-14-15-6-5-11-24-20(15)27-18-8-4-7-16(22)12-18/h4-8,11-12,17,19H,3,9-10,13-14H2,1-2H3,(H2,23,25,26). The van der Waals surface area contributed by atoms with Gasteiger partial charge in [0, 0.05) is 35.7 Å². The van der Waals surface area contributed by atoms with Crippen molar-refractivity contribution in [2.75, 3.05) is 12.8 Å². The van der Waals surface area contributed by atoms with Crippen LogP contribution in [-0.4, -0.2) is 35.0 Å². The molecule has 7 heteroatoms. The van der Waals surface area contributed by atoms with Gasteiger partial charge in [0.15, 0.2) is 5.96 Å². The number of aromatic nitrogens is 1. The first kappa shape index (κ1) is 20.5. The lowest BCUT2D eigenvalue weighted by Crippen LogP contribution is -2.42. The summed E-state index contributed by atoms with van der Waals surface area (Å²) >= 11 is 1.94. The number of pyridine rings is 1. The van der Waals surface area contributed by atoms with E-state index < -0.39 is 0 Å². The van der Waals surface area contributed by atoms with E-state index in [1.165, 1.54) is 18.6 Å². The summed E-state index contributed by atoms with van der Waals surface area (Å²) in [6.07, 6.45) is 7.40. The van der Waals surface area contributed by atoms with Crippen molar-refractivity contribution in [3.05, 3.63) is 54.0 Å². The first-order valence-electron chi connectivity index (χ1n) is 9.63. The first-order chi connectivity index (χ1) is 13.7. The summed E-state index contributed by atoms with van der Waals surface area (Å²) in [7, 11) is 0. The molecule has 2 atom stereocenters. The highest BCUT2D eigenvalue weighted by atomic mass is 32.2. The van der Waals surface area contributed by atoms with E-state index in [1.54, 1.807) is 18.3 Å². The lowest BCUT2D eigenvalue weighted by molar-refractivity contribution is 0.452. The molecule has 2 aromatic rings. The van der Waals surface area contributed by atoms with Crippen LogP contribution in [0.1, 0.15) is 31.7 Å². The van der Waals surface area contributed by atoms with E-state index >= 15 is 0 Å². The van der Waals surface area contributed by atoms with Crippen LogP contribution in [0.2, 0.25) is 0 Å². The van der Waals surface area contributed by atoms with E-state index in [0.29, 0.717) is 24.2 Å². The molecule has 28 heavy (non-hydrogen) atoms. The Morgan fingerprint density at radius 1 is 1.32 bits per heavy atom. The number of nitrogens with one attached hydrogen (secondary N) is 2. The highest BCUT2D eigenvalue weighted by Gasteiger charge is 2.24. The van der Waals surface area contributed by atoms with E-state index in [9.17, 15) is 4.39 Å². The zero-order valence-corrected chi connectivity index (χ0v) is 17.1. The van der Waals surface area contributed by atoms with Crippen LogP contribution >= 0.6 is 11.8 Å². The Bertz CT molecular complexity index is 801. The van der Waals surface area contributed by atoms with Crippen LogP contribution in [0.15, 0.2) is 47.6 Å².